The van der Waals surface area contributed by atoms with Crippen LogP contribution < -0.4 is 5.32 Å². The predicted molar refractivity (Wildman–Crippen MR) is 76.6 cm³/mol. The highest BCUT2D eigenvalue weighted by atomic mass is 15.1. The molecule has 0 aliphatic heterocycles. The molecule has 1 atom stereocenters. The summed E-state index contributed by atoms with van der Waals surface area (Å²) in [4.78, 5) is 4.23. The maximum Gasteiger partial charge on any atom is 0.0948 e. The van der Waals surface area contributed by atoms with E-state index in [4.69, 9.17) is 0 Å². The third-order valence-corrected chi connectivity index (χ3v) is 3.89. The lowest BCUT2D eigenvalue weighted by atomic mass is 10.0. The van der Waals surface area contributed by atoms with Crippen LogP contribution in [0.2, 0.25) is 0 Å². The van der Waals surface area contributed by atoms with Crippen LogP contribution in [0.15, 0.2) is 42.9 Å². The number of hydrogen-bond acceptors (Lipinski definition) is 2. The molecule has 1 saturated carbocycles. The molecule has 0 spiro atoms. The lowest BCUT2D eigenvalue weighted by Crippen LogP contribution is -2.23. The molecule has 1 fully saturated rings. The van der Waals surface area contributed by atoms with E-state index in [2.05, 4.69) is 52.1 Å². The van der Waals surface area contributed by atoms with Gasteiger partial charge in [-0.3, -0.25) is 0 Å². The molecule has 1 aromatic heterocycles. The number of nitrogens with zero attached hydrogens (tertiary/aromatic N) is 2. The SMILES string of the molecule is CCn1cncc1CNC(c1ccccc1)C1CC1. The molecule has 1 heterocycles. The molecule has 0 bridgehead atoms. The highest BCUT2D eigenvalue weighted by Gasteiger charge is 2.31. The van der Waals surface area contributed by atoms with Crippen molar-refractivity contribution in [1.82, 2.24) is 14.9 Å². The molecule has 19 heavy (non-hydrogen) atoms. The van der Waals surface area contributed by atoms with E-state index in [-0.39, 0.29) is 0 Å². The third-order valence-electron chi connectivity index (χ3n) is 3.89. The average molecular weight is 255 g/mol. The van der Waals surface area contributed by atoms with Gasteiger partial charge in [-0.05, 0) is 31.2 Å². The zero-order chi connectivity index (χ0) is 13.1. The highest BCUT2D eigenvalue weighted by Crippen LogP contribution is 2.41. The number of benzene rings is 1. The van der Waals surface area contributed by atoms with Crippen LogP contribution >= 0.6 is 0 Å². The molecule has 0 amide bonds. The van der Waals surface area contributed by atoms with E-state index >= 15 is 0 Å². The van der Waals surface area contributed by atoms with Crippen LogP contribution in [0.25, 0.3) is 0 Å². The minimum absolute atomic E-state index is 0.487. The Hall–Kier alpha value is -1.61. The molecular formula is C16H21N3. The van der Waals surface area contributed by atoms with Crippen LogP contribution in [-0.2, 0) is 13.1 Å². The van der Waals surface area contributed by atoms with Crippen molar-refractivity contribution in [1.29, 1.82) is 0 Å². The van der Waals surface area contributed by atoms with Crippen LogP contribution in [0.4, 0.5) is 0 Å². The Morgan fingerprint density at radius 1 is 1.32 bits per heavy atom. The summed E-state index contributed by atoms with van der Waals surface area (Å²) >= 11 is 0. The van der Waals surface area contributed by atoms with Crippen molar-refractivity contribution in [3.05, 3.63) is 54.1 Å². The normalized spacial score (nSPS) is 16.5. The van der Waals surface area contributed by atoms with Crippen molar-refractivity contribution < 1.29 is 0 Å². The zero-order valence-electron chi connectivity index (χ0n) is 11.4. The average Bonchev–Trinajstić information content (AvgIpc) is 3.18. The fourth-order valence-electron chi connectivity index (χ4n) is 2.64. The minimum Gasteiger partial charge on any atom is -0.334 e. The molecule has 100 valence electrons. The molecule has 0 saturated heterocycles. The van der Waals surface area contributed by atoms with Gasteiger partial charge in [0.25, 0.3) is 0 Å². The van der Waals surface area contributed by atoms with E-state index in [1.165, 1.54) is 24.1 Å². The number of hydrogen-bond donors (Lipinski definition) is 1. The number of rotatable bonds is 6. The number of aryl methyl sites for hydroxylation is 1. The molecule has 2 aromatic rings. The lowest BCUT2D eigenvalue weighted by Gasteiger charge is -2.19. The van der Waals surface area contributed by atoms with E-state index in [1.54, 1.807) is 0 Å². The van der Waals surface area contributed by atoms with E-state index in [0.717, 1.165) is 19.0 Å². The summed E-state index contributed by atoms with van der Waals surface area (Å²) in [5, 5.41) is 3.71. The molecule has 1 aliphatic carbocycles. The standard InChI is InChI=1S/C16H21N3/c1-2-19-12-17-10-15(19)11-18-16(14-8-9-14)13-6-4-3-5-7-13/h3-7,10,12,14,16,18H,2,8-9,11H2,1H3. The van der Waals surface area contributed by atoms with Gasteiger partial charge in [-0.1, -0.05) is 30.3 Å². The van der Waals surface area contributed by atoms with Gasteiger partial charge < -0.3 is 9.88 Å². The van der Waals surface area contributed by atoms with E-state index < -0.39 is 0 Å². The topological polar surface area (TPSA) is 29.9 Å². The molecule has 1 aliphatic rings. The Morgan fingerprint density at radius 3 is 2.79 bits per heavy atom. The summed E-state index contributed by atoms with van der Waals surface area (Å²) in [5.74, 6) is 0.806. The maximum atomic E-state index is 4.23. The third kappa shape index (κ3) is 2.87. The smallest absolute Gasteiger partial charge is 0.0948 e. The largest absolute Gasteiger partial charge is 0.334 e. The molecule has 1 aromatic carbocycles. The lowest BCUT2D eigenvalue weighted by molar-refractivity contribution is 0.469. The van der Waals surface area contributed by atoms with Gasteiger partial charge in [0.2, 0.25) is 0 Å². The van der Waals surface area contributed by atoms with Gasteiger partial charge in [-0.2, -0.15) is 0 Å². The number of nitrogens with one attached hydrogen (secondary N) is 1. The second kappa shape index (κ2) is 5.57. The highest BCUT2D eigenvalue weighted by molar-refractivity contribution is 5.21. The van der Waals surface area contributed by atoms with Crippen LogP contribution in [0, 0.1) is 5.92 Å². The zero-order valence-corrected chi connectivity index (χ0v) is 11.4. The Balaban J connectivity index is 1.69. The fourth-order valence-corrected chi connectivity index (χ4v) is 2.64. The first-order valence-electron chi connectivity index (χ1n) is 7.16. The first-order chi connectivity index (χ1) is 9.38. The van der Waals surface area contributed by atoms with Gasteiger partial charge in [0.05, 0.1) is 12.0 Å². The van der Waals surface area contributed by atoms with E-state index in [0.29, 0.717) is 6.04 Å². The second-order valence-electron chi connectivity index (χ2n) is 5.28. The quantitative estimate of drug-likeness (QED) is 0.859. The van der Waals surface area contributed by atoms with Crippen LogP contribution in [0.5, 0.6) is 0 Å². The van der Waals surface area contributed by atoms with Crippen LogP contribution in [0.3, 0.4) is 0 Å². The summed E-state index contributed by atoms with van der Waals surface area (Å²) < 4.78 is 2.20. The molecule has 0 radical (unpaired) electrons. The summed E-state index contributed by atoms with van der Waals surface area (Å²) in [6.07, 6.45) is 6.57. The van der Waals surface area contributed by atoms with Gasteiger partial charge >= 0.3 is 0 Å². The number of aromatic nitrogens is 2. The van der Waals surface area contributed by atoms with E-state index in [1.807, 2.05) is 12.5 Å². The molecule has 1 unspecified atom stereocenters. The molecular weight excluding hydrogens is 234 g/mol. The summed E-state index contributed by atoms with van der Waals surface area (Å²) in [5.41, 5.74) is 2.68. The summed E-state index contributed by atoms with van der Waals surface area (Å²) in [6.45, 7) is 4.03. The fraction of sp³-hybridized carbons (Fsp3) is 0.438. The van der Waals surface area contributed by atoms with Gasteiger partial charge in [0.15, 0.2) is 0 Å². The molecule has 1 N–H and O–H groups in total. The van der Waals surface area contributed by atoms with Crippen molar-refractivity contribution in [2.45, 2.75) is 38.9 Å². The van der Waals surface area contributed by atoms with Crippen molar-refractivity contribution in [2.24, 2.45) is 5.92 Å². The minimum atomic E-state index is 0.487. The Labute approximate surface area is 114 Å². The van der Waals surface area contributed by atoms with Crippen molar-refractivity contribution in [3.63, 3.8) is 0 Å². The van der Waals surface area contributed by atoms with Gasteiger partial charge in [0, 0.05) is 25.3 Å². The first kappa shape index (κ1) is 12.4. The first-order valence-corrected chi connectivity index (χ1v) is 7.16. The van der Waals surface area contributed by atoms with Gasteiger partial charge in [-0.25, -0.2) is 4.98 Å². The second-order valence-corrected chi connectivity index (χ2v) is 5.28. The van der Waals surface area contributed by atoms with Crippen molar-refractivity contribution in [3.8, 4) is 0 Å². The van der Waals surface area contributed by atoms with Crippen LogP contribution in [0.1, 0.15) is 37.1 Å². The maximum absolute atomic E-state index is 4.23. The summed E-state index contributed by atoms with van der Waals surface area (Å²) in [7, 11) is 0. The molecule has 3 rings (SSSR count). The summed E-state index contributed by atoms with van der Waals surface area (Å²) in [6, 6.07) is 11.3. The number of imidazole rings is 1. The van der Waals surface area contributed by atoms with Gasteiger partial charge in [0.1, 0.15) is 0 Å². The Bertz CT molecular complexity index is 514. The van der Waals surface area contributed by atoms with Crippen LogP contribution in [-0.4, -0.2) is 9.55 Å². The molecule has 3 heteroatoms. The molecule has 3 nitrogen and oxygen atoms in total. The van der Waals surface area contributed by atoms with E-state index in [9.17, 15) is 0 Å². The van der Waals surface area contributed by atoms with Crippen molar-refractivity contribution in [2.75, 3.05) is 0 Å². The monoisotopic (exact) mass is 255 g/mol. The Morgan fingerprint density at radius 2 is 2.11 bits per heavy atom. The van der Waals surface area contributed by atoms with Gasteiger partial charge in [-0.15, -0.1) is 0 Å². The van der Waals surface area contributed by atoms with Crippen molar-refractivity contribution >= 4 is 0 Å². The predicted octanol–water partition coefficient (Wildman–Crippen LogP) is 3.14. The Kier molecular flexibility index (Phi) is 3.65.